The van der Waals surface area contributed by atoms with E-state index < -0.39 is 0 Å². The zero-order valence-electron chi connectivity index (χ0n) is 14.2. The van der Waals surface area contributed by atoms with Crippen LogP contribution in [0.15, 0.2) is 42.6 Å². The minimum absolute atomic E-state index is 0.215. The number of hydrogen-bond acceptors (Lipinski definition) is 5. The Bertz CT molecular complexity index is 1020. The first kappa shape index (κ1) is 15.2. The van der Waals surface area contributed by atoms with Gasteiger partial charge in [-0.1, -0.05) is 6.07 Å². The van der Waals surface area contributed by atoms with Crippen molar-refractivity contribution in [3.63, 3.8) is 0 Å². The third-order valence-corrected chi connectivity index (χ3v) is 5.00. The van der Waals surface area contributed by atoms with Gasteiger partial charge >= 0.3 is 0 Å². The van der Waals surface area contributed by atoms with Gasteiger partial charge in [0.15, 0.2) is 11.6 Å². The largest absolute Gasteiger partial charge is 0.439 e. The number of Topliss-reactive ketones (excluding diaryl/α,β-unsaturated/α-hetero) is 1. The van der Waals surface area contributed by atoms with Crippen molar-refractivity contribution >= 4 is 5.78 Å². The number of aryl methyl sites for hydroxylation is 2. The van der Waals surface area contributed by atoms with Gasteiger partial charge in [0.05, 0.1) is 5.69 Å². The molecule has 0 spiro atoms. The van der Waals surface area contributed by atoms with Crippen LogP contribution in [0.4, 0.5) is 0 Å². The number of benzene rings is 1. The van der Waals surface area contributed by atoms with Gasteiger partial charge in [-0.3, -0.25) is 9.78 Å². The first-order chi connectivity index (χ1) is 12.8. The fourth-order valence-electron chi connectivity index (χ4n) is 3.70. The predicted octanol–water partition coefficient (Wildman–Crippen LogP) is 3.95. The molecule has 2 heterocycles. The minimum atomic E-state index is 0.215. The average molecular weight is 343 g/mol. The third-order valence-electron chi connectivity index (χ3n) is 5.00. The normalized spacial score (nSPS) is 15.0. The lowest BCUT2D eigenvalue weighted by molar-refractivity contribution is 0.0994. The number of fused-ring (bicyclic) bond motifs is 2. The smallest absolute Gasteiger partial charge is 0.226 e. The molecule has 0 bridgehead atoms. The van der Waals surface area contributed by atoms with Crippen molar-refractivity contribution in [2.24, 2.45) is 0 Å². The van der Waals surface area contributed by atoms with E-state index in [1.54, 1.807) is 6.20 Å². The molecule has 5 heteroatoms. The molecule has 2 aliphatic carbocycles. The Morgan fingerprint density at radius 3 is 2.81 bits per heavy atom. The Kier molecular flexibility index (Phi) is 3.52. The van der Waals surface area contributed by atoms with E-state index in [0.717, 1.165) is 59.5 Å². The van der Waals surface area contributed by atoms with E-state index >= 15 is 0 Å². The maximum atomic E-state index is 11.8. The Hall–Kier alpha value is -3.08. The van der Waals surface area contributed by atoms with Crippen LogP contribution in [0.25, 0.3) is 11.5 Å². The first-order valence-corrected chi connectivity index (χ1v) is 8.93. The molecule has 0 atom stereocenters. The van der Waals surface area contributed by atoms with Gasteiger partial charge in [0.1, 0.15) is 11.4 Å². The molecule has 0 radical (unpaired) electrons. The summed E-state index contributed by atoms with van der Waals surface area (Å²) in [6, 6.07) is 11.4. The molecule has 0 fully saturated rings. The zero-order valence-corrected chi connectivity index (χ0v) is 14.2. The van der Waals surface area contributed by atoms with Gasteiger partial charge in [-0.05, 0) is 61.6 Å². The molecule has 128 valence electrons. The lowest BCUT2D eigenvalue weighted by Gasteiger charge is -2.12. The van der Waals surface area contributed by atoms with Crippen molar-refractivity contribution < 1.29 is 9.53 Å². The Labute approximate surface area is 151 Å². The Morgan fingerprint density at radius 2 is 1.92 bits per heavy atom. The standard InChI is InChI=1S/C21H17N3O2/c25-19-10-7-13-12-14(8-9-15(13)19)26-21-16-4-3-6-17(16)23-20(24-21)18-5-1-2-11-22-18/h1-2,5,8-9,11-12H,3-4,6-7,10H2. The summed E-state index contributed by atoms with van der Waals surface area (Å²) in [5.41, 5.74) is 4.75. The van der Waals surface area contributed by atoms with Gasteiger partial charge in [-0.15, -0.1) is 0 Å². The number of hydrogen-bond donors (Lipinski definition) is 0. The van der Waals surface area contributed by atoms with Crippen LogP contribution in [0.1, 0.15) is 40.0 Å². The van der Waals surface area contributed by atoms with Crippen LogP contribution in [-0.2, 0) is 19.3 Å². The lowest BCUT2D eigenvalue weighted by atomic mass is 10.1. The highest BCUT2D eigenvalue weighted by atomic mass is 16.5. The maximum Gasteiger partial charge on any atom is 0.226 e. The molecule has 1 aromatic carbocycles. The molecule has 0 amide bonds. The Balaban J connectivity index is 1.55. The van der Waals surface area contributed by atoms with Gasteiger partial charge < -0.3 is 4.74 Å². The van der Waals surface area contributed by atoms with Crippen molar-refractivity contribution in [1.82, 2.24) is 15.0 Å². The minimum Gasteiger partial charge on any atom is -0.439 e. The number of rotatable bonds is 3. The molecule has 0 unspecified atom stereocenters. The van der Waals surface area contributed by atoms with Crippen LogP contribution in [-0.4, -0.2) is 20.7 Å². The molecule has 0 saturated heterocycles. The molecule has 0 saturated carbocycles. The molecule has 26 heavy (non-hydrogen) atoms. The van der Waals surface area contributed by atoms with Crippen molar-refractivity contribution in [1.29, 1.82) is 0 Å². The van der Waals surface area contributed by atoms with Gasteiger partial charge in [0.25, 0.3) is 0 Å². The highest BCUT2D eigenvalue weighted by Crippen LogP contribution is 2.34. The molecule has 5 rings (SSSR count). The first-order valence-electron chi connectivity index (χ1n) is 8.93. The third kappa shape index (κ3) is 2.56. The molecule has 2 aliphatic rings. The number of aromatic nitrogens is 3. The number of ketones is 1. The van der Waals surface area contributed by atoms with Crippen LogP contribution in [0, 0.1) is 0 Å². The fourth-order valence-corrected chi connectivity index (χ4v) is 3.70. The lowest BCUT2D eigenvalue weighted by Crippen LogP contribution is -2.02. The number of carbonyl (C=O) groups is 1. The van der Waals surface area contributed by atoms with Gasteiger partial charge in [-0.25, -0.2) is 4.98 Å². The van der Waals surface area contributed by atoms with Crippen molar-refractivity contribution in [3.05, 3.63) is 65.0 Å². The van der Waals surface area contributed by atoms with Crippen molar-refractivity contribution in [2.45, 2.75) is 32.1 Å². The van der Waals surface area contributed by atoms with E-state index in [2.05, 4.69) is 9.97 Å². The molecule has 3 aromatic rings. The number of pyridine rings is 1. The summed E-state index contributed by atoms with van der Waals surface area (Å²) in [6.45, 7) is 0. The highest BCUT2D eigenvalue weighted by Gasteiger charge is 2.23. The topological polar surface area (TPSA) is 65.0 Å². The average Bonchev–Trinajstić information content (AvgIpc) is 3.29. The summed E-state index contributed by atoms with van der Waals surface area (Å²) in [5.74, 6) is 2.14. The van der Waals surface area contributed by atoms with Crippen LogP contribution < -0.4 is 4.74 Å². The zero-order chi connectivity index (χ0) is 17.5. The molecule has 0 aliphatic heterocycles. The second-order valence-electron chi connectivity index (χ2n) is 6.69. The van der Waals surface area contributed by atoms with Gasteiger partial charge in [0.2, 0.25) is 5.88 Å². The molecule has 5 nitrogen and oxygen atoms in total. The van der Waals surface area contributed by atoms with Crippen LogP contribution in [0.3, 0.4) is 0 Å². The van der Waals surface area contributed by atoms with Crippen LogP contribution >= 0.6 is 0 Å². The SMILES string of the molecule is O=C1CCc2cc(Oc3nc(-c4ccccn4)nc4c3CCC4)ccc21. The van der Waals surface area contributed by atoms with E-state index in [-0.39, 0.29) is 5.78 Å². The molecule has 0 N–H and O–H groups in total. The summed E-state index contributed by atoms with van der Waals surface area (Å²) in [4.78, 5) is 25.5. The van der Waals surface area contributed by atoms with Gasteiger partial charge in [-0.2, -0.15) is 4.98 Å². The summed E-state index contributed by atoms with van der Waals surface area (Å²) in [5, 5.41) is 0. The molecular weight excluding hydrogens is 326 g/mol. The number of ether oxygens (including phenoxy) is 1. The fraction of sp³-hybridized carbons (Fsp3) is 0.238. The predicted molar refractivity (Wildman–Crippen MR) is 96.5 cm³/mol. The maximum absolute atomic E-state index is 11.8. The highest BCUT2D eigenvalue weighted by molar-refractivity contribution is 6.00. The second-order valence-corrected chi connectivity index (χ2v) is 6.69. The number of carbonyl (C=O) groups excluding carboxylic acids is 1. The van der Waals surface area contributed by atoms with Crippen LogP contribution in [0.2, 0.25) is 0 Å². The quantitative estimate of drug-likeness (QED) is 0.720. The van der Waals surface area contributed by atoms with Crippen molar-refractivity contribution in [3.8, 4) is 23.1 Å². The van der Waals surface area contributed by atoms with E-state index in [9.17, 15) is 4.79 Å². The van der Waals surface area contributed by atoms with E-state index in [1.165, 1.54) is 0 Å². The summed E-state index contributed by atoms with van der Waals surface area (Å²) >= 11 is 0. The van der Waals surface area contributed by atoms with E-state index in [1.807, 2.05) is 36.4 Å². The summed E-state index contributed by atoms with van der Waals surface area (Å²) in [6.07, 6.45) is 6.04. The summed E-state index contributed by atoms with van der Waals surface area (Å²) < 4.78 is 6.15. The van der Waals surface area contributed by atoms with E-state index in [0.29, 0.717) is 18.1 Å². The van der Waals surface area contributed by atoms with E-state index in [4.69, 9.17) is 9.72 Å². The van der Waals surface area contributed by atoms with Crippen LogP contribution in [0.5, 0.6) is 11.6 Å². The van der Waals surface area contributed by atoms with Gasteiger partial charge in [0, 0.05) is 23.7 Å². The molecular formula is C21H17N3O2. The molecule has 2 aromatic heterocycles. The second kappa shape index (κ2) is 6.02. The Morgan fingerprint density at radius 1 is 0.962 bits per heavy atom. The van der Waals surface area contributed by atoms with Crippen molar-refractivity contribution in [2.75, 3.05) is 0 Å². The monoisotopic (exact) mass is 343 g/mol. The number of nitrogens with zero attached hydrogens (tertiary/aromatic N) is 3. The summed E-state index contributed by atoms with van der Waals surface area (Å²) in [7, 11) is 0.